The third-order valence-corrected chi connectivity index (χ3v) is 4.23. The Balaban J connectivity index is 3.36. The predicted octanol–water partition coefficient (Wildman–Crippen LogP) is 5.81. The van der Waals surface area contributed by atoms with Gasteiger partial charge in [0, 0.05) is 6.42 Å². The number of aliphatic hydroxyl groups is 1. The van der Waals surface area contributed by atoms with Crippen LogP contribution in [0.3, 0.4) is 0 Å². The fourth-order valence-electron chi connectivity index (χ4n) is 2.70. The smallest absolute Gasteiger partial charge is 0.161 e. The fourth-order valence-corrected chi connectivity index (χ4v) is 2.70. The van der Waals surface area contributed by atoms with E-state index >= 15 is 0 Å². The summed E-state index contributed by atoms with van der Waals surface area (Å²) in [5.41, 5.74) is 0. The Labute approximate surface area is 132 Å². The minimum Gasteiger partial charge on any atom is -0.385 e. The zero-order valence-corrected chi connectivity index (χ0v) is 14.5. The predicted molar refractivity (Wildman–Crippen MR) is 91.6 cm³/mol. The molecule has 126 valence electrons. The van der Waals surface area contributed by atoms with E-state index in [0.717, 1.165) is 25.7 Å². The first-order valence-electron chi connectivity index (χ1n) is 9.43. The van der Waals surface area contributed by atoms with Crippen LogP contribution in [0.15, 0.2) is 0 Å². The van der Waals surface area contributed by atoms with E-state index in [0.29, 0.717) is 12.8 Å². The number of carbonyl (C=O) groups excluding carboxylic acids is 1. The molecule has 0 spiro atoms. The molecule has 0 rings (SSSR count). The first-order valence-corrected chi connectivity index (χ1v) is 9.43. The van der Waals surface area contributed by atoms with Crippen molar-refractivity contribution in [1.29, 1.82) is 0 Å². The molecular formula is C19H38O2. The van der Waals surface area contributed by atoms with Crippen LogP contribution in [-0.4, -0.2) is 17.0 Å². The maximum atomic E-state index is 11.8. The lowest BCUT2D eigenvalue weighted by molar-refractivity contribution is -0.127. The Morgan fingerprint density at radius 2 is 1.14 bits per heavy atom. The van der Waals surface area contributed by atoms with E-state index in [1.807, 2.05) is 0 Å². The number of hydrogen-bond donors (Lipinski definition) is 1. The third-order valence-electron chi connectivity index (χ3n) is 4.23. The van der Waals surface area contributed by atoms with Gasteiger partial charge < -0.3 is 5.11 Å². The van der Waals surface area contributed by atoms with Gasteiger partial charge in [0.2, 0.25) is 0 Å². The zero-order valence-electron chi connectivity index (χ0n) is 14.5. The van der Waals surface area contributed by atoms with Crippen LogP contribution in [0.4, 0.5) is 0 Å². The van der Waals surface area contributed by atoms with Crippen molar-refractivity contribution in [2.75, 3.05) is 0 Å². The molecule has 0 aliphatic rings. The summed E-state index contributed by atoms with van der Waals surface area (Å²) in [6, 6.07) is 0. The molecular weight excluding hydrogens is 260 g/mol. The highest BCUT2D eigenvalue weighted by atomic mass is 16.3. The molecule has 0 aliphatic carbocycles. The molecule has 1 atom stereocenters. The van der Waals surface area contributed by atoms with Crippen molar-refractivity contribution in [3.63, 3.8) is 0 Å². The van der Waals surface area contributed by atoms with Crippen molar-refractivity contribution >= 4 is 5.78 Å². The highest BCUT2D eigenvalue weighted by molar-refractivity contribution is 5.82. The lowest BCUT2D eigenvalue weighted by Gasteiger charge is -2.09. The number of aliphatic hydroxyl groups excluding tert-OH is 1. The second-order valence-corrected chi connectivity index (χ2v) is 6.41. The van der Waals surface area contributed by atoms with E-state index in [1.54, 1.807) is 0 Å². The van der Waals surface area contributed by atoms with Crippen molar-refractivity contribution in [3.8, 4) is 0 Å². The molecule has 2 nitrogen and oxygen atoms in total. The molecule has 0 amide bonds. The second kappa shape index (κ2) is 16.0. The van der Waals surface area contributed by atoms with Crippen molar-refractivity contribution < 1.29 is 9.90 Å². The molecule has 1 unspecified atom stereocenters. The van der Waals surface area contributed by atoms with Gasteiger partial charge >= 0.3 is 0 Å². The SMILES string of the molecule is CCCCCCCCCC(O)C(=O)CCCCCCCC. The lowest BCUT2D eigenvalue weighted by Crippen LogP contribution is -2.19. The summed E-state index contributed by atoms with van der Waals surface area (Å²) in [6.45, 7) is 4.44. The Morgan fingerprint density at radius 1 is 0.714 bits per heavy atom. The third kappa shape index (κ3) is 14.3. The molecule has 0 aromatic heterocycles. The summed E-state index contributed by atoms with van der Waals surface area (Å²) in [6.07, 6.45) is 16.4. The monoisotopic (exact) mass is 298 g/mol. The molecule has 0 aromatic carbocycles. The van der Waals surface area contributed by atoms with E-state index in [-0.39, 0.29) is 5.78 Å². The Bertz CT molecular complexity index is 226. The average Bonchev–Trinajstić information content (AvgIpc) is 2.49. The normalized spacial score (nSPS) is 12.5. The molecule has 0 heterocycles. The number of carbonyl (C=O) groups is 1. The summed E-state index contributed by atoms with van der Waals surface area (Å²) in [5.74, 6) is 0.0662. The zero-order chi connectivity index (χ0) is 15.8. The van der Waals surface area contributed by atoms with Gasteiger partial charge in [0.05, 0.1) is 0 Å². The van der Waals surface area contributed by atoms with Gasteiger partial charge in [-0.05, 0) is 12.8 Å². The van der Waals surface area contributed by atoms with Crippen LogP contribution in [0.5, 0.6) is 0 Å². The number of Topliss-reactive ketones (excluding diaryl/α,β-unsaturated/α-hetero) is 1. The number of ketones is 1. The summed E-state index contributed by atoms with van der Waals surface area (Å²) in [5, 5.41) is 9.85. The molecule has 0 radical (unpaired) electrons. The Kier molecular flexibility index (Phi) is 15.7. The van der Waals surface area contributed by atoms with Crippen LogP contribution in [0.1, 0.15) is 110 Å². The molecule has 0 aliphatic heterocycles. The van der Waals surface area contributed by atoms with Crippen LogP contribution in [0.25, 0.3) is 0 Å². The largest absolute Gasteiger partial charge is 0.385 e. The van der Waals surface area contributed by atoms with Crippen molar-refractivity contribution in [2.24, 2.45) is 0 Å². The van der Waals surface area contributed by atoms with E-state index in [9.17, 15) is 9.90 Å². The van der Waals surface area contributed by atoms with Gasteiger partial charge in [0.15, 0.2) is 5.78 Å². The maximum Gasteiger partial charge on any atom is 0.161 e. The van der Waals surface area contributed by atoms with E-state index in [4.69, 9.17) is 0 Å². The van der Waals surface area contributed by atoms with E-state index in [1.165, 1.54) is 57.8 Å². The first-order chi connectivity index (χ1) is 10.2. The van der Waals surface area contributed by atoms with E-state index in [2.05, 4.69) is 13.8 Å². The Morgan fingerprint density at radius 3 is 1.67 bits per heavy atom. The lowest BCUT2D eigenvalue weighted by atomic mass is 10.0. The van der Waals surface area contributed by atoms with E-state index < -0.39 is 6.10 Å². The number of hydrogen-bond acceptors (Lipinski definition) is 2. The molecule has 0 saturated heterocycles. The Hall–Kier alpha value is -0.370. The highest BCUT2D eigenvalue weighted by Crippen LogP contribution is 2.12. The van der Waals surface area contributed by atoms with Crippen LogP contribution in [0, 0.1) is 0 Å². The van der Waals surface area contributed by atoms with Crippen molar-refractivity contribution in [2.45, 2.75) is 116 Å². The highest BCUT2D eigenvalue weighted by Gasteiger charge is 2.13. The molecule has 2 heteroatoms. The summed E-state index contributed by atoms with van der Waals surface area (Å²) in [4.78, 5) is 11.8. The summed E-state index contributed by atoms with van der Waals surface area (Å²) < 4.78 is 0. The van der Waals surface area contributed by atoms with Gasteiger partial charge in [0.25, 0.3) is 0 Å². The van der Waals surface area contributed by atoms with Crippen molar-refractivity contribution in [1.82, 2.24) is 0 Å². The first kappa shape index (κ1) is 20.6. The molecule has 21 heavy (non-hydrogen) atoms. The minimum absolute atomic E-state index is 0.0662. The molecule has 0 aromatic rings. The van der Waals surface area contributed by atoms with Crippen LogP contribution in [-0.2, 0) is 4.79 Å². The van der Waals surface area contributed by atoms with Gasteiger partial charge in [-0.25, -0.2) is 0 Å². The molecule has 0 saturated carbocycles. The maximum absolute atomic E-state index is 11.8. The van der Waals surface area contributed by atoms with Crippen LogP contribution < -0.4 is 0 Å². The fraction of sp³-hybridized carbons (Fsp3) is 0.947. The standard InChI is InChI=1S/C19H38O2/c1-3-5-7-9-11-13-15-17-19(21)18(20)16-14-12-10-8-6-4-2/h19,21H,3-17H2,1-2H3. The number of unbranched alkanes of at least 4 members (excludes halogenated alkanes) is 11. The minimum atomic E-state index is -0.698. The van der Waals surface area contributed by atoms with Crippen molar-refractivity contribution in [3.05, 3.63) is 0 Å². The summed E-state index contributed by atoms with van der Waals surface area (Å²) >= 11 is 0. The van der Waals surface area contributed by atoms with Gasteiger partial charge in [-0.15, -0.1) is 0 Å². The second-order valence-electron chi connectivity index (χ2n) is 6.41. The van der Waals surface area contributed by atoms with Gasteiger partial charge in [-0.3, -0.25) is 4.79 Å². The van der Waals surface area contributed by atoms with Crippen LogP contribution in [0.2, 0.25) is 0 Å². The molecule has 1 N–H and O–H groups in total. The number of rotatable bonds is 16. The van der Waals surface area contributed by atoms with Gasteiger partial charge in [-0.2, -0.15) is 0 Å². The quantitative estimate of drug-likeness (QED) is 0.365. The van der Waals surface area contributed by atoms with Gasteiger partial charge in [0.1, 0.15) is 6.10 Å². The summed E-state index contributed by atoms with van der Waals surface area (Å²) in [7, 11) is 0. The van der Waals surface area contributed by atoms with Gasteiger partial charge in [-0.1, -0.05) is 90.9 Å². The molecule has 0 fully saturated rings. The topological polar surface area (TPSA) is 37.3 Å². The average molecular weight is 299 g/mol. The molecule has 0 bridgehead atoms. The van der Waals surface area contributed by atoms with Crippen LogP contribution >= 0.6 is 0 Å².